The number of ether oxygens (including phenoxy) is 1. The maximum atomic E-state index is 12.9. The molecule has 1 fully saturated rings. The fourth-order valence-electron chi connectivity index (χ4n) is 3.77. The largest absolute Gasteiger partial charge is 0.416 e. The molecule has 0 spiro atoms. The number of benzene rings is 2. The van der Waals surface area contributed by atoms with Crippen molar-refractivity contribution in [1.29, 1.82) is 0 Å². The monoisotopic (exact) mass is 416 g/mol. The summed E-state index contributed by atoms with van der Waals surface area (Å²) in [7, 11) is 0. The highest BCUT2D eigenvalue weighted by Gasteiger charge is 2.39. The van der Waals surface area contributed by atoms with Gasteiger partial charge in [0.1, 0.15) is 12.2 Å². The van der Waals surface area contributed by atoms with E-state index in [1.807, 2.05) is 18.2 Å². The van der Waals surface area contributed by atoms with E-state index in [9.17, 15) is 13.2 Å². The topological polar surface area (TPSA) is 12.5 Å². The van der Waals surface area contributed by atoms with E-state index in [4.69, 9.17) is 4.74 Å². The zero-order chi connectivity index (χ0) is 21.4. The molecule has 1 saturated heterocycles. The molecule has 2 aromatic rings. The zero-order valence-electron chi connectivity index (χ0n) is 17.6. The van der Waals surface area contributed by atoms with E-state index in [0.29, 0.717) is 5.56 Å². The Hall–Kier alpha value is -2.07. The van der Waals surface area contributed by atoms with Crippen LogP contribution in [0.15, 0.2) is 54.6 Å². The summed E-state index contributed by atoms with van der Waals surface area (Å²) < 4.78 is 44.2. The molecular weight excluding hydrogens is 385 g/mol. The zero-order valence-corrected chi connectivity index (χ0v) is 17.6. The van der Waals surface area contributed by atoms with Gasteiger partial charge in [0, 0.05) is 0 Å². The van der Waals surface area contributed by atoms with Gasteiger partial charge < -0.3 is 4.74 Å². The van der Waals surface area contributed by atoms with E-state index in [-0.39, 0.29) is 12.2 Å². The number of unbranched alkanes of at least 4 members (excludes halogenated alkanes) is 6. The Morgan fingerprint density at radius 1 is 0.900 bits per heavy atom. The van der Waals surface area contributed by atoms with Gasteiger partial charge in [0.25, 0.3) is 0 Å². The normalized spacial score (nSPS) is 18.8. The van der Waals surface area contributed by atoms with E-state index < -0.39 is 11.7 Å². The van der Waals surface area contributed by atoms with Crippen LogP contribution < -0.4 is 0 Å². The van der Waals surface area contributed by atoms with Crippen molar-refractivity contribution in [2.75, 3.05) is 0 Å². The van der Waals surface area contributed by atoms with Crippen LogP contribution in [0.1, 0.15) is 80.2 Å². The average Bonchev–Trinajstić information content (AvgIpc) is 3.51. The molecule has 0 aliphatic carbocycles. The van der Waals surface area contributed by atoms with E-state index in [1.165, 1.54) is 62.6 Å². The summed E-state index contributed by atoms with van der Waals surface area (Å²) in [5.41, 5.74) is 2.38. The second-order valence-electron chi connectivity index (χ2n) is 8.12. The van der Waals surface area contributed by atoms with Crippen molar-refractivity contribution in [3.05, 3.63) is 76.9 Å². The summed E-state index contributed by atoms with van der Waals surface area (Å²) in [5.74, 6) is 0. The van der Waals surface area contributed by atoms with Crippen molar-refractivity contribution in [3.8, 4) is 0 Å². The minimum Gasteiger partial charge on any atom is -0.360 e. The van der Waals surface area contributed by atoms with Gasteiger partial charge in [-0.2, -0.15) is 13.2 Å². The molecule has 1 unspecified atom stereocenters. The molecule has 30 heavy (non-hydrogen) atoms. The number of alkyl halides is 3. The molecule has 3 rings (SSSR count). The van der Waals surface area contributed by atoms with Gasteiger partial charge in [-0.25, -0.2) is 0 Å². The van der Waals surface area contributed by atoms with Crippen LogP contribution in [0.5, 0.6) is 0 Å². The Balaban J connectivity index is 1.47. The van der Waals surface area contributed by atoms with Crippen molar-refractivity contribution in [2.45, 2.75) is 76.7 Å². The van der Waals surface area contributed by atoms with E-state index in [1.54, 1.807) is 6.07 Å². The summed E-state index contributed by atoms with van der Waals surface area (Å²) in [6.07, 6.45) is 9.36. The molecule has 2 aromatic carbocycles. The van der Waals surface area contributed by atoms with Gasteiger partial charge in [0.15, 0.2) is 0 Å². The molecule has 2 atom stereocenters. The van der Waals surface area contributed by atoms with Crippen molar-refractivity contribution in [1.82, 2.24) is 0 Å². The molecule has 0 bridgehead atoms. The molecule has 1 aliphatic rings. The summed E-state index contributed by atoms with van der Waals surface area (Å²) in [4.78, 5) is 0. The smallest absolute Gasteiger partial charge is 0.360 e. The minimum absolute atomic E-state index is 0.166. The number of halogens is 3. The molecule has 0 N–H and O–H groups in total. The second-order valence-corrected chi connectivity index (χ2v) is 8.12. The Morgan fingerprint density at radius 2 is 1.63 bits per heavy atom. The van der Waals surface area contributed by atoms with E-state index >= 15 is 0 Å². The first-order chi connectivity index (χ1) is 14.5. The van der Waals surface area contributed by atoms with Gasteiger partial charge in [0.2, 0.25) is 0 Å². The molecule has 0 amide bonds. The molecule has 4 heteroatoms. The molecule has 1 heterocycles. The first-order valence-electron chi connectivity index (χ1n) is 11.1. The van der Waals surface area contributed by atoms with Crippen molar-refractivity contribution in [3.63, 3.8) is 0 Å². The fraction of sp³-hybridized carbons (Fsp3) is 0.462. The van der Waals surface area contributed by atoms with Crippen molar-refractivity contribution < 1.29 is 17.9 Å². The number of rotatable bonds is 11. The van der Waals surface area contributed by atoms with Gasteiger partial charge in [-0.05, 0) is 41.7 Å². The lowest BCUT2D eigenvalue weighted by molar-refractivity contribution is -0.137. The lowest BCUT2D eigenvalue weighted by Gasteiger charge is -2.07. The van der Waals surface area contributed by atoms with Gasteiger partial charge in [0.05, 0.1) is 5.56 Å². The maximum absolute atomic E-state index is 12.9. The lowest BCUT2D eigenvalue weighted by Crippen LogP contribution is -2.05. The summed E-state index contributed by atoms with van der Waals surface area (Å²) in [5, 5.41) is 0. The molecular formula is C26H31F3O. The van der Waals surface area contributed by atoms with Crippen LogP contribution in [0.3, 0.4) is 0 Å². The Bertz CT molecular complexity index is 825. The van der Waals surface area contributed by atoms with Crippen molar-refractivity contribution >= 4 is 6.08 Å². The first-order valence-corrected chi connectivity index (χ1v) is 11.1. The number of hydrogen-bond acceptors (Lipinski definition) is 1. The van der Waals surface area contributed by atoms with Crippen LogP contribution in [-0.2, 0) is 17.3 Å². The third-order valence-corrected chi connectivity index (χ3v) is 5.57. The molecule has 0 radical (unpaired) electrons. The summed E-state index contributed by atoms with van der Waals surface area (Å²) in [6.45, 7) is 2.24. The Morgan fingerprint density at radius 3 is 2.40 bits per heavy atom. The maximum Gasteiger partial charge on any atom is 0.416 e. The second kappa shape index (κ2) is 10.8. The Labute approximate surface area is 178 Å². The third kappa shape index (κ3) is 7.02. The Kier molecular flexibility index (Phi) is 8.15. The van der Waals surface area contributed by atoms with Crippen LogP contribution in [0.2, 0.25) is 0 Å². The number of aryl methyl sites for hydroxylation is 1. The van der Waals surface area contributed by atoms with Gasteiger partial charge >= 0.3 is 6.18 Å². The number of hydrogen-bond donors (Lipinski definition) is 0. The highest BCUT2D eigenvalue weighted by molar-refractivity contribution is 5.52. The minimum atomic E-state index is -4.33. The van der Waals surface area contributed by atoms with Crippen LogP contribution >= 0.6 is 0 Å². The van der Waals surface area contributed by atoms with Gasteiger partial charge in [-0.15, -0.1) is 0 Å². The third-order valence-electron chi connectivity index (χ3n) is 5.57. The van der Waals surface area contributed by atoms with Crippen LogP contribution in [0, 0.1) is 0 Å². The molecule has 1 aliphatic heterocycles. The van der Waals surface area contributed by atoms with Gasteiger partial charge in [-0.3, -0.25) is 0 Å². The van der Waals surface area contributed by atoms with E-state index in [2.05, 4.69) is 25.1 Å². The van der Waals surface area contributed by atoms with E-state index in [0.717, 1.165) is 18.1 Å². The van der Waals surface area contributed by atoms with Crippen LogP contribution in [0.25, 0.3) is 6.08 Å². The standard InChI is InChI=1S/C26H31F3O/c1-2-3-4-5-6-7-8-11-20-12-9-13-21(18-20)16-17-24-25(30-24)22-14-10-15-23(19-22)26(27,28)29/h9-10,12-19,24-25H,2-8,11H2,1H3/t24?,25-/m0/s1. The quantitative estimate of drug-likeness (QED) is 0.266. The number of epoxide rings is 1. The molecule has 162 valence electrons. The highest BCUT2D eigenvalue weighted by Crippen LogP contribution is 2.41. The summed E-state index contributed by atoms with van der Waals surface area (Å²) >= 11 is 0. The van der Waals surface area contributed by atoms with Crippen LogP contribution in [0.4, 0.5) is 13.2 Å². The van der Waals surface area contributed by atoms with Crippen molar-refractivity contribution in [2.24, 2.45) is 0 Å². The molecule has 1 nitrogen and oxygen atoms in total. The lowest BCUT2D eigenvalue weighted by atomic mass is 10.0. The molecule has 0 aromatic heterocycles. The highest BCUT2D eigenvalue weighted by atomic mass is 19.4. The van der Waals surface area contributed by atoms with Gasteiger partial charge in [-0.1, -0.05) is 94.0 Å². The fourth-order valence-corrected chi connectivity index (χ4v) is 3.77. The molecule has 0 saturated carbocycles. The SMILES string of the molecule is CCCCCCCCCc1cccc(C=CC2O[C@H]2c2cccc(C(F)(F)F)c2)c1. The average molecular weight is 417 g/mol. The predicted molar refractivity (Wildman–Crippen MR) is 116 cm³/mol. The predicted octanol–water partition coefficient (Wildman–Crippen LogP) is 8.15. The van der Waals surface area contributed by atoms with Crippen LogP contribution in [-0.4, -0.2) is 6.10 Å². The first kappa shape index (κ1) is 22.6. The summed E-state index contributed by atoms with van der Waals surface area (Å²) in [6, 6.07) is 13.9.